The fourth-order valence-electron chi connectivity index (χ4n) is 2.56. The first-order valence-electron chi connectivity index (χ1n) is 7.19. The molecule has 0 bridgehead atoms. The Morgan fingerprint density at radius 1 is 1.32 bits per heavy atom. The number of aryl methyl sites for hydroxylation is 1. The summed E-state index contributed by atoms with van der Waals surface area (Å²) in [6, 6.07) is 0.187. The fourth-order valence-corrected chi connectivity index (χ4v) is 2.56. The third-order valence-electron chi connectivity index (χ3n) is 3.56. The van der Waals surface area contributed by atoms with Crippen molar-refractivity contribution in [3.05, 3.63) is 17.8 Å². The zero-order valence-corrected chi connectivity index (χ0v) is 11.8. The van der Waals surface area contributed by atoms with E-state index in [0.717, 1.165) is 19.6 Å². The van der Waals surface area contributed by atoms with Gasteiger partial charge in [-0.2, -0.15) is 0 Å². The van der Waals surface area contributed by atoms with Gasteiger partial charge in [0.1, 0.15) is 6.33 Å². The lowest BCUT2D eigenvalue weighted by Gasteiger charge is -2.29. The van der Waals surface area contributed by atoms with E-state index in [9.17, 15) is 4.39 Å². The summed E-state index contributed by atoms with van der Waals surface area (Å²) in [4.78, 5) is 10.4. The Balaban J connectivity index is 1.92. The van der Waals surface area contributed by atoms with Crippen molar-refractivity contribution >= 4 is 5.82 Å². The van der Waals surface area contributed by atoms with Crippen LogP contribution in [0.5, 0.6) is 0 Å². The number of halogens is 1. The lowest BCUT2D eigenvalue weighted by atomic mass is 10.1. The number of hydrogen-bond acceptors (Lipinski definition) is 4. The summed E-state index contributed by atoms with van der Waals surface area (Å²) in [6.07, 6.45) is 5.89. The predicted molar refractivity (Wildman–Crippen MR) is 74.7 cm³/mol. The molecule has 1 unspecified atom stereocenters. The van der Waals surface area contributed by atoms with E-state index in [-0.39, 0.29) is 11.9 Å². The van der Waals surface area contributed by atoms with Gasteiger partial charge in [0.15, 0.2) is 11.6 Å². The zero-order valence-electron chi connectivity index (χ0n) is 11.8. The van der Waals surface area contributed by atoms with Crippen LogP contribution in [0.3, 0.4) is 0 Å². The number of aromatic nitrogens is 2. The summed E-state index contributed by atoms with van der Waals surface area (Å²) in [7, 11) is 0. The molecule has 106 valence electrons. The number of nitrogens with one attached hydrogen (secondary N) is 1. The smallest absolute Gasteiger partial charge is 0.186 e. The summed E-state index contributed by atoms with van der Waals surface area (Å²) in [5, 5.41) is 3.16. The molecular weight excluding hydrogens is 243 g/mol. The maximum atomic E-state index is 14.0. The molecule has 2 rings (SSSR count). The predicted octanol–water partition coefficient (Wildman–Crippen LogP) is 2.46. The number of piperidine rings is 1. The standard InChI is InChI=1S/C14H23FN4/c1-3-12-13(15)14(17-10-16-12)18-11(2)9-19-7-5-4-6-8-19/h10-11H,3-9H2,1-2H3,(H,16,17,18). The SMILES string of the molecule is CCc1ncnc(NC(C)CN2CCCCC2)c1F. The van der Waals surface area contributed by atoms with Crippen molar-refractivity contribution < 1.29 is 4.39 Å². The van der Waals surface area contributed by atoms with E-state index in [0.29, 0.717) is 17.9 Å². The normalized spacial score (nSPS) is 18.3. The van der Waals surface area contributed by atoms with Gasteiger partial charge in [0, 0.05) is 12.6 Å². The van der Waals surface area contributed by atoms with E-state index in [1.54, 1.807) is 0 Å². The Morgan fingerprint density at radius 2 is 2.05 bits per heavy atom. The molecule has 1 saturated heterocycles. The highest BCUT2D eigenvalue weighted by molar-refractivity contribution is 5.38. The summed E-state index contributed by atoms with van der Waals surface area (Å²) in [6.45, 7) is 7.20. The minimum absolute atomic E-state index is 0.187. The lowest BCUT2D eigenvalue weighted by Crippen LogP contribution is -2.38. The molecule has 1 aromatic heterocycles. The van der Waals surface area contributed by atoms with Gasteiger partial charge in [-0.3, -0.25) is 0 Å². The molecular formula is C14H23FN4. The van der Waals surface area contributed by atoms with Crippen LogP contribution >= 0.6 is 0 Å². The van der Waals surface area contributed by atoms with Crippen LogP contribution in [-0.4, -0.2) is 40.5 Å². The van der Waals surface area contributed by atoms with Crippen LogP contribution in [0.25, 0.3) is 0 Å². The van der Waals surface area contributed by atoms with Gasteiger partial charge >= 0.3 is 0 Å². The highest BCUT2D eigenvalue weighted by Crippen LogP contribution is 2.15. The first kappa shape index (κ1) is 14.2. The van der Waals surface area contributed by atoms with Crippen LogP contribution in [0.2, 0.25) is 0 Å². The molecule has 1 fully saturated rings. The Morgan fingerprint density at radius 3 is 2.74 bits per heavy atom. The Kier molecular flexibility index (Phi) is 5.07. The summed E-state index contributed by atoms with van der Waals surface area (Å²) in [5.74, 6) is 0.0202. The van der Waals surface area contributed by atoms with Gasteiger partial charge in [0.25, 0.3) is 0 Å². The minimum atomic E-state index is -0.310. The van der Waals surface area contributed by atoms with Gasteiger partial charge in [-0.05, 0) is 39.3 Å². The third kappa shape index (κ3) is 3.86. The second-order valence-corrected chi connectivity index (χ2v) is 5.24. The molecule has 0 saturated carbocycles. The molecule has 0 spiro atoms. The summed E-state index contributed by atoms with van der Waals surface area (Å²) >= 11 is 0. The fraction of sp³-hybridized carbons (Fsp3) is 0.714. The topological polar surface area (TPSA) is 41.1 Å². The Labute approximate surface area is 114 Å². The second kappa shape index (κ2) is 6.80. The van der Waals surface area contributed by atoms with Crippen LogP contribution < -0.4 is 5.32 Å². The molecule has 1 aromatic rings. The van der Waals surface area contributed by atoms with Crippen LogP contribution in [-0.2, 0) is 6.42 Å². The number of rotatable bonds is 5. The largest absolute Gasteiger partial charge is 0.364 e. The van der Waals surface area contributed by atoms with Gasteiger partial charge in [0.05, 0.1) is 5.69 Å². The molecule has 0 aromatic carbocycles. The molecule has 1 N–H and O–H groups in total. The number of nitrogens with zero attached hydrogens (tertiary/aromatic N) is 3. The maximum Gasteiger partial charge on any atom is 0.186 e. The first-order chi connectivity index (χ1) is 9.20. The molecule has 0 aliphatic carbocycles. The molecule has 5 heteroatoms. The third-order valence-corrected chi connectivity index (χ3v) is 3.56. The van der Waals surface area contributed by atoms with Crippen molar-refractivity contribution in [2.24, 2.45) is 0 Å². The molecule has 4 nitrogen and oxygen atoms in total. The van der Waals surface area contributed by atoms with Crippen molar-refractivity contribution in [3.8, 4) is 0 Å². The monoisotopic (exact) mass is 266 g/mol. The highest BCUT2D eigenvalue weighted by Gasteiger charge is 2.16. The van der Waals surface area contributed by atoms with Crippen molar-refractivity contribution in [1.82, 2.24) is 14.9 Å². The van der Waals surface area contributed by atoms with Gasteiger partial charge in [-0.25, -0.2) is 14.4 Å². The van der Waals surface area contributed by atoms with Gasteiger partial charge in [0.2, 0.25) is 0 Å². The summed E-state index contributed by atoms with van der Waals surface area (Å²) in [5.41, 5.74) is 0.475. The summed E-state index contributed by atoms with van der Waals surface area (Å²) < 4.78 is 14.0. The quantitative estimate of drug-likeness (QED) is 0.889. The highest BCUT2D eigenvalue weighted by atomic mass is 19.1. The molecule has 2 heterocycles. The van der Waals surface area contributed by atoms with E-state index in [1.165, 1.54) is 25.6 Å². The minimum Gasteiger partial charge on any atom is -0.364 e. The molecule has 0 radical (unpaired) electrons. The van der Waals surface area contributed by atoms with Crippen LogP contribution in [0.15, 0.2) is 6.33 Å². The first-order valence-corrected chi connectivity index (χ1v) is 7.19. The molecule has 1 atom stereocenters. The van der Waals surface area contributed by atoms with Crippen molar-refractivity contribution in [3.63, 3.8) is 0 Å². The van der Waals surface area contributed by atoms with E-state index >= 15 is 0 Å². The number of hydrogen-bond donors (Lipinski definition) is 1. The Bertz CT molecular complexity index is 404. The zero-order chi connectivity index (χ0) is 13.7. The van der Waals surface area contributed by atoms with E-state index in [4.69, 9.17) is 0 Å². The van der Waals surface area contributed by atoms with E-state index in [2.05, 4.69) is 27.1 Å². The number of anilines is 1. The van der Waals surface area contributed by atoms with Crippen LogP contribution in [0.1, 0.15) is 38.8 Å². The average Bonchev–Trinajstić information content (AvgIpc) is 2.42. The van der Waals surface area contributed by atoms with Crippen molar-refractivity contribution in [1.29, 1.82) is 0 Å². The van der Waals surface area contributed by atoms with E-state index < -0.39 is 0 Å². The van der Waals surface area contributed by atoms with Crippen molar-refractivity contribution in [2.75, 3.05) is 25.0 Å². The van der Waals surface area contributed by atoms with Gasteiger partial charge in [-0.1, -0.05) is 13.3 Å². The van der Waals surface area contributed by atoms with Crippen LogP contribution in [0, 0.1) is 5.82 Å². The lowest BCUT2D eigenvalue weighted by molar-refractivity contribution is 0.223. The van der Waals surface area contributed by atoms with Gasteiger partial charge in [-0.15, -0.1) is 0 Å². The average molecular weight is 266 g/mol. The molecule has 19 heavy (non-hydrogen) atoms. The Hall–Kier alpha value is -1.23. The van der Waals surface area contributed by atoms with Crippen molar-refractivity contribution in [2.45, 2.75) is 45.6 Å². The second-order valence-electron chi connectivity index (χ2n) is 5.24. The maximum absolute atomic E-state index is 14.0. The van der Waals surface area contributed by atoms with Crippen LogP contribution in [0.4, 0.5) is 10.2 Å². The van der Waals surface area contributed by atoms with E-state index in [1.807, 2.05) is 6.92 Å². The molecule has 0 amide bonds. The molecule has 1 aliphatic rings. The number of likely N-dealkylation sites (tertiary alicyclic amines) is 1. The van der Waals surface area contributed by atoms with Gasteiger partial charge < -0.3 is 10.2 Å². The molecule has 1 aliphatic heterocycles.